The lowest BCUT2D eigenvalue weighted by Gasteiger charge is -2.34. The van der Waals surface area contributed by atoms with Crippen LogP contribution in [0.1, 0.15) is 15.4 Å². The topological polar surface area (TPSA) is 49.3 Å². The predicted molar refractivity (Wildman–Crippen MR) is 84.2 cm³/mol. The molecule has 0 unspecified atom stereocenters. The zero-order valence-corrected chi connectivity index (χ0v) is 13.2. The van der Waals surface area contributed by atoms with Gasteiger partial charge in [-0.2, -0.15) is 0 Å². The van der Waals surface area contributed by atoms with E-state index in [9.17, 15) is 4.79 Å². The van der Waals surface area contributed by atoms with Crippen molar-refractivity contribution in [1.29, 1.82) is 0 Å². The van der Waals surface area contributed by atoms with Crippen molar-refractivity contribution in [3.8, 4) is 0 Å². The van der Waals surface area contributed by atoms with Crippen molar-refractivity contribution in [2.75, 3.05) is 31.1 Å². The van der Waals surface area contributed by atoms with Gasteiger partial charge in [-0.05, 0) is 25.1 Å². The van der Waals surface area contributed by atoms with Gasteiger partial charge in [0.05, 0.1) is 0 Å². The number of amides is 1. The number of nitrogens with zero attached hydrogens (tertiary/aromatic N) is 4. The third-order valence-electron chi connectivity index (χ3n) is 3.42. The average Bonchev–Trinajstić information content (AvgIpc) is 2.93. The van der Waals surface area contributed by atoms with Gasteiger partial charge >= 0.3 is 0 Å². The van der Waals surface area contributed by atoms with Gasteiger partial charge in [0.15, 0.2) is 0 Å². The van der Waals surface area contributed by atoms with E-state index in [0.717, 1.165) is 23.2 Å². The summed E-state index contributed by atoms with van der Waals surface area (Å²) in [6, 6.07) is 7.09. The highest BCUT2D eigenvalue weighted by molar-refractivity contribution is 7.15. The maximum atomic E-state index is 12.4. The van der Waals surface area contributed by atoms with Crippen LogP contribution in [-0.4, -0.2) is 47.2 Å². The van der Waals surface area contributed by atoms with Crippen LogP contribution in [0.2, 0.25) is 5.02 Å². The van der Waals surface area contributed by atoms with Gasteiger partial charge in [-0.15, -0.1) is 10.2 Å². The van der Waals surface area contributed by atoms with E-state index >= 15 is 0 Å². The van der Waals surface area contributed by atoms with Gasteiger partial charge in [-0.25, -0.2) is 0 Å². The molecule has 1 fully saturated rings. The minimum absolute atomic E-state index is 0.0330. The number of piperazine rings is 1. The first-order chi connectivity index (χ1) is 10.1. The third kappa shape index (κ3) is 3.16. The van der Waals surface area contributed by atoms with Crippen molar-refractivity contribution in [3.63, 3.8) is 0 Å². The molecule has 1 saturated heterocycles. The molecule has 21 heavy (non-hydrogen) atoms. The number of carbonyl (C=O) groups is 1. The molecule has 2 heterocycles. The quantitative estimate of drug-likeness (QED) is 0.852. The lowest BCUT2D eigenvalue weighted by molar-refractivity contribution is 0.0746. The highest BCUT2D eigenvalue weighted by atomic mass is 35.5. The first kappa shape index (κ1) is 14.3. The largest absolute Gasteiger partial charge is 0.343 e. The SMILES string of the molecule is Cc1nnc(N2CCN(C(=O)c3cccc(Cl)c3)CC2)s1. The summed E-state index contributed by atoms with van der Waals surface area (Å²) < 4.78 is 0. The van der Waals surface area contributed by atoms with Crippen LogP contribution < -0.4 is 4.90 Å². The molecule has 1 amide bonds. The fourth-order valence-electron chi connectivity index (χ4n) is 2.32. The van der Waals surface area contributed by atoms with E-state index in [-0.39, 0.29) is 5.91 Å². The minimum atomic E-state index is 0.0330. The Balaban J connectivity index is 1.64. The van der Waals surface area contributed by atoms with E-state index in [1.54, 1.807) is 35.6 Å². The standard InChI is InChI=1S/C14H15ClN4OS/c1-10-16-17-14(21-10)19-7-5-18(6-8-19)13(20)11-3-2-4-12(15)9-11/h2-4,9H,5-8H2,1H3. The van der Waals surface area contributed by atoms with Crippen LogP contribution in [0.5, 0.6) is 0 Å². The second-order valence-corrected chi connectivity index (χ2v) is 6.49. The lowest BCUT2D eigenvalue weighted by Crippen LogP contribution is -2.48. The minimum Gasteiger partial charge on any atom is -0.343 e. The molecule has 0 saturated carbocycles. The first-order valence-corrected chi connectivity index (χ1v) is 7.93. The van der Waals surface area contributed by atoms with Gasteiger partial charge in [-0.1, -0.05) is 29.0 Å². The molecule has 0 spiro atoms. The molecule has 5 nitrogen and oxygen atoms in total. The van der Waals surface area contributed by atoms with Crippen LogP contribution in [0.25, 0.3) is 0 Å². The molecule has 3 rings (SSSR count). The second-order valence-electron chi connectivity index (χ2n) is 4.89. The van der Waals surface area contributed by atoms with E-state index in [1.165, 1.54) is 0 Å². The molecule has 0 N–H and O–H groups in total. The number of aryl methyl sites for hydroxylation is 1. The summed E-state index contributed by atoms with van der Waals surface area (Å²) in [7, 11) is 0. The van der Waals surface area contributed by atoms with Crippen molar-refractivity contribution < 1.29 is 4.79 Å². The fourth-order valence-corrected chi connectivity index (χ4v) is 3.25. The number of hydrogen-bond donors (Lipinski definition) is 0. The molecule has 2 aromatic rings. The zero-order valence-electron chi connectivity index (χ0n) is 11.6. The Morgan fingerprint density at radius 3 is 2.62 bits per heavy atom. The Morgan fingerprint density at radius 2 is 2.00 bits per heavy atom. The van der Waals surface area contributed by atoms with Gasteiger partial charge < -0.3 is 9.80 Å². The summed E-state index contributed by atoms with van der Waals surface area (Å²) in [5.74, 6) is 0.0330. The van der Waals surface area contributed by atoms with E-state index in [2.05, 4.69) is 15.1 Å². The highest BCUT2D eigenvalue weighted by Gasteiger charge is 2.23. The molecule has 0 radical (unpaired) electrons. The summed E-state index contributed by atoms with van der Waals surface area (Å²) in [5, 5.41) is 10.7. The maximum Gasteiger partial charge on any atom is 0.254 e. The van der Waals surface area contributed by atoms with Gasteiger partial charge in [-0.3, -0.25) is 4.79 Å². The van der Waals surface area contributed by atoms with Gasteiger partial charge in [0.2, 0.25) is 5.13 Å². The smallest absolute Gasteiger partial charge is 0.254 e. The number of rotatable bonds is 2. The summed E-state index contributed by atoms with van der Waals surface area (Å²) in [5.41, 5.74) is 0.641. The number of carbonyl (C=O) groups excluding carboxylic acids is 1. The summed E-state index contributed by atoms with van der Waals surface area (Å²) in [6.45, 7) is 4.87. The van der Waals surface area contributed by atoms with Gasteiger partial charge in [0, 0.05) is 36.8 Å². The Bertz CT molecular complexity index is 652. The van der Waals surface area contributed by atoms with Crippen LogP contribution in [0.4, 0.5) is 5.13 Å². The van der Waals surface area contributed by atoms with Crippen molar-refractivity contribution in [2.24, 2.45) is 0 Å². The van der Waals surface area contributed by atoms with Crippen molar-refractivity contribution in [3.05, 3.63) is 39.9 Å². The monoisotopic (exact) mass is 322 g/mol. The Labute approximate surface area is 132 Å². The fraction of sp³-hybridized carbons (Fsp3) is 0.357. The van der Waals surface area contributed by atoms with E-state index in [4.69, 9.17) is 11.6 Å². The molecule has 1 aliphatic rings. The molecule has 7 heteroatoms. The van der Waals surface area contributed by atoms with Crippen molar-refractivity contribution in [2.45, 2.75) is 6.92 Å². The Morgan fingerprint density at radius 1 is 1.24 bits per heavy atom. The predicted octanol–water partition coefficient (Wildman–Crippen LogP) is 2.46. The summed E-state index contributed by atoms with van der Waals surface area (Å²) in [4.78, 5) is 16.5. The van der Waals surface area contributed by atoms with Crippen molar-refractivity contribution in [1.82, 2.24) is 15.1 Å². The Hall–Kier alpha value is -1.66. The number of halogens is 1. The van der Waals surface area contributed by atoms with E-state index in [0.29, 0.717) is 23.7 Å². The van der Waals surface area contributed by atoms with Crippen LogP contribution in [-0.2, 0) is 0 Å². The molecule has 0 atom stereocenters. The number of hydrogen-bond acceptors (Lipinski definition) is 5. The molecule has 1 aromatic carbocycles. The molecule has 110 valence electrons. The second kappa shape index (κ2) is 5.99. The van der Waals surface area contributed by atoms with Crippen molar-refractivity contribution >= 4 is 34.0 Å². The van der Waals surface area contributed by atoms with E-state index < -0.39 is 0 Å². The molecule has 0 bridgehead atoms. The Kier molecular flexibility index (Phi) is 4.07. The zero-order chi connectivity index (χ0) is 14.8. The normalized spacial score (nSPS) is 15.3. The van der Waals surface area contributed by atoms with Crippen LogP contribution >= 0.6 is 22.9 Å². The highest BCUT2D eigenvalue weighted by Crippen LogP contribution is 2.21. The van der Waals surface area contributed by atoms with Crippen LogP contribution in [0, 0.1) is 6.92 Å². The van der Waals surface area contributed by atoms with Gasteiger partial charge in [0.1, 0.15) is 5.01 Å². The number of aromatic nitrogens is 2. The van der Waals surface area contributed by atoms with Gasteiger partial charge in [0.25, 0.3) is 5.91 Å². The number of benzene rings is 1. The van der Waals surface area contributed by atoms with Crippen LogP contribution in [0.3, 0.4) is 0 Å². The summed E-state index contributed by atoms with van der Waals surface area (Å²) in [6.07, 6.45) is 0. The molecular formula is C14H15ClN4OS. The van der Waals surface area contributed by atoms with E-state index in [1.807, 2.05) is 11.8 Å². The maximum absolute atomic E-state index is 12.4. The molecule has 1 aromatic heterocycles. The molecule has 0 aliphatic carbocycles. The average molecular weight is 323 g/mol. The van der Waals surface area contributed by atoms with Crippen LogP contribution in [0.15, 0.2) is 24.3 Å². The molecular weight excluding hydrogens is 308 g/mol. The summed E-state index contributed by atoms with van der Waals surface area (Å²) >= 11 is 7.53. The lowest BCUT2D eigenvalue weighted by atomic mass is 10.2. The third-order valence-corrected chi connectivity index (χ3v) is 4.56. The number of anilines is 1. The molecule has 1 aliphatic heterocycles. The first-order valence-electron chi connectivity index (χ1n) is 6.73.